The SMILES string of the molecule is Cc1cccc(-c2nc3c4ccccc4nc(NCc4ccc5c(c4)OCO5)n3n2)c1. The van der Waals surface area contributed by atoms with Crippen LogP contribution in [-0.2, 0) is 6.54 Å². The average Bonchev–Trinajstić information content (AvgIpc) is 3.44. The van der Waals surface area contributed by atoms with Crippen molar-refractivity contribution in [3.63, 3.8) is 0 Å². The Morgan fingerprint density at radius 3 is 2.77 bits per heavy atom. The lowest BCUT2D eigenvalue weighted by Gasteiger charge is -2.09. The Kier molecular flexibility index (Phi) is 3.99. The first kappa shape index (κ1) is 17.7. The molecule has 3 heterocycles. The molecule has 2 aromatic heterocycles. The van der Waals surface area contributed by atoms with Gasteiger partial charge in [-0.15, -0.1) is 5.10 Å². The third-order valence-electron chi connectivity index (χ3n) is 5.34. The van der Waals surface area contributed by atoms with Crippen molar-refractivity contribution in [3.05, 3.63) is 77.9 Å². The number of rotatable bonds is 4. The Bertz CT molecular complexity index is 1440. The number of nitrogens with zero attached hydrogens (tertiary/aromatic N) is 4. The maximum atomic E-state index is 5.49. The van der Waals surface area contributed by atoms with Crippen molar-refractivity contribution in [1.29, 1.82) is 0 Å². The summed E-state index contributed by atoms with van der Waals surface area (Å²) in [5, 5.41) is 9.16. The van der Waals surface area contributed by atoms with Gasteiger partial charge in [-0.2, -0.15) is 4.52 Å². The van der Waals surface area contributed by atoms with Crippen LogP contribution in [-0.4, -0.2) is 26.4 Å². The molecule has 1 aliphatic rings. The van der Waals surface area contributed by atoms with Crippen LogP contribution in [0.2, 0.25) is 0 Å². The fraction of sp³-hybridized carbons (Fsp3) is 0.125. The van der Waals surface area contributed by atoms with Gasteiger partial charge in [0.15, 0.2) is 23.0 Å². The molecule has 0 fully saturated rings. The number of fused-ring (bicyclic) bond motifs is 4. The van der Waals surface area contributed by atoms with Crippen molar-refractivity contribution >= 4 is 22.5 Å². The molecule has 7 heteroatoms. The van der Waals surface area contributed by atoms with Crippen molar-refractivity contribution < 1.29 is 9.47 Å². The highest BCUT2D eigenvalue weighted by Gasteiger charge is 2.16. The van der Waals surface area contributed by atoms with Crippen LogP contribution >= 0.6 is 0 Å². The summed E-state index contributed by atoms with van der Waals surface area (Å²) in [5.41, 5.74) is 4.85. The molecule has 152 valence electrons. The molecule has 0 radical (unpaired) electrons. The maximum Gasteiger partial charge on any atom is 0.231 e. The molecular formula is C24H19N5O2. The minimum atomic E-state index is 0.264. The van der Waals surface area contributed by atoms with E-state index in [2.05, 4.69) is 24.4 Å². The molecular weight excluding hydrogens is 390 g/mol. The third kappa shape index (κ3) is 3.11. The molecule has 0 saturated carbocycles. The summed E-state index contributed by atoms with van der Waals surface area (Å²) < 4.78 is 12.7. The fourth-order valence-corrected chi connectivity index (χ4v) is 3.81. The quantitative estimate of drug-likeness (QED) is 0.468. The highest BCUT2D eigenvalue weighted by molar-refractivity contribution is 5.92. The van der Waals surface area contributed by atoms with Crippen LogP contribution in [0.1, 0.15) is 11.1 Å². The van der Waals surface area contributed by atoms with Gasteiger partial charge in [0.1, 0.15) is 0 Å². The first-order valence-corrected chi connectivity index (χ1v) is 10.1. The molecule has 1 N–H and O–H groups in total. The Labute approximate surface area is 178 Å². The Morgan fingerprint density at radius 2 is 1.84 bits per heavy atom. The monoisotopic (exact) mass is 409 g/mol. The molecule has 0 unspecified atom stereocenters. The molecule has 0 aliphatic carbocycles. The molecule has 0 amide bonds. The molecule has 0 spiro atoms. The minimum Gasteiger partial charge on any atom is -0.454 e. The zero-order valence-electron chi connectivity index (χ0n) is 16.9. The van der Waals surface area contributed by atoms with Gasteiger partial charge in [0.2, 0.25) is 12.7 Å². The van der Waals surface area contributed by atoms with E-state index >= 15 is 0 Å². The second kappa shape index (κ2) is 6.98. The van der Waals surface area contributed by atoms with Crippen LogP contribution in [0.15, 0.2) is 66.7 Å². The average molecular weight is 409 g/mol. The highest BCUT2D eigenvalue weighted by atomic mass is 16.7. The fourth-order valence-electron chi connectivity index (χ4n) is 3.81. The smallest absolute Gasteiger partial charge is 0.231 e. The topological polar surface area (TPSA) is 73.6 Å². The summed E-state index contributed by atoms with van der Waals surface area (Å²) in [6.07, 6.45) is 0. The van der Waals surface area contributed by atoms with E-state index in [0.717, 1.165) is 39.2 Å². The van der Waals surface area contributed by atoms with Gasteiger partial charge in [-0.25, -0.2) is 9.97 Å². The van der Waals surface area contributed by atoms with Crippen molar-refractivity contribution in [3.8, 4) is 22.9 Å². The van der Waals surface area contributed by atoms with Gasteiger partial charge in [-0.1, -0.05) is 42.0 Å². The molecule has 3 aromatic carbocycles. The van der Waals surface area contributed by atoms with E-state index in [9.17, 15) is 0 Å². The first-order valence-electron chi connectivity index (χ1n) is 10.1. The summed E-state index contributed by atoms with van der Waals surface area (Å²) in [6.45, 7) is 2.89. The van der Waals surface area contributed by atoms with Crippen LogP contribution in [0.25, 0.3) is 27.9 Å². The highest BCUT2D eigenvalue weighted by Crippen LogP contribution is 2.33. The summed E-state index contributed by atoms with van der Waals surface area (Å²) in [4.78, 5) is 9.66. The molecule has 0 saturated heterocycles. The predicted octanol–water partition coefficient (Wildman–Crippen LogP) is 4.59. The van der Waals surface area contributed by atoms with Gasteiger partial charge in [-0.3, -0.25) is 0 Å². The van der Waals surface area contributed by atoms with Crippen molar-refractivity contribution in [1.82, 2.24) is 19.6 Å². The van der Waals surface area contributed by atoms with Gasteiger partial charge in [0.25, 0.3) is 0 Å². The Hall–Kier alpha value is -4.13. The third-order valence-corrected chi connectivity index (χ3v) is 5.34. The number of hydrogen-bond acceptors (Lipinski definition) is 6. The zero-order valence-corrected chi connectivity index (χ0v) is 16.9. The van der Waals surface area contributed by atoms with Gasteiger partial charge in [-0.05, 0) is 42.8 Å². The summed E-state index contributed by atoms with van der Waals surface area (Å²) in [6, 6.07) is 22.1. The summed E-state index contributed by atoms with van der Waals surface area (Å²) in [5.74, 6) is 2.85. The zero-order chi connectivity index (χ0) is 20.8. The van der Waals surface area contributed by atoms with E-state index in [1.54, 1.807) is 4.52 Å². The van der Waals surface area contributed by atoms with Gasteiger partial charge in [0.05, 0.1) is 5.52 Å². The van der Waals surface area contributed by atoms with Gasteiger partial charge >= 0.3 is 0 Å². The Morgan fingerprint density at radius 1 is 0.935 bits per heavy atom. The number of benzene rings is 3. The molecule has 7 nitrogen and oxygen atoms in total. The van der Waals surface area contributed by atoms with Crippen molar-refractivity contribution in [2.45, 2.75) is 13.5 Å². The first-order chi connectivity index (χ1) is 15.2. The van der Waals surface area contributed by atoms with Crippen LogP contribution in [0.3, 0.4) is 0 Å². The lowest BCUT2D eigenvalue weighted by molar-refractivity contribution is 0.174. The van der Waals surface area contributed by atoms with E-state index in [1.807, 2.05) is 54.6 Å². The lowest BCUT2D eigenvalue weighted by atomic mass is 10.1. The van der Waals surface area contributed by atoms with Crippen LogP contribution in [0, 0.1) is 6.92 Å². The van der Waals surface area contributed by atoms with Crippen LogP contribution < -0.4 is 14.8 Å². The molecule has 0 atom stereocenters. The van der Waals surface area contributed by atoms with Crippen LogP contribution in [0.5, 0.6) is 11.5 Å². The van der Waals surface area contributed by atoms with E-state index in [-0.39, 0.29) is 6.79 Å². The number of nitrogens with one attached hydrogen (secondary N) is 1. The summed E-state index contributed by atoms with van der Waals surface area (Å²) >= 11 is 0. The van der Waals surface area contributed by atoms with Gasteiger partial charge < -0.3 is 14.8 Å². The number of ether oxygens (including phenoxy) is 2. The second-order valence-electron chi connectivity index (χ2n) is 7.53. The number of hydrogen-bond donors (Lipinski definition) is 1. The number of aromatic nitrogens is 4. The second-order valence-corrected chi connectivity index (χ2v) is 7.53. The largest absolute Gasteiger partial charge is 0.454 e. The maximum absolute atomic E-state index is 5.49. The molecule has 0 bridgehead atoms. The molecule has 6 rings (SSSR count). The number of anilines is 1. The van der Waals surface area contributed by atoms with E-state index in [4.69, 9.17) is 24.5 Å². The number of para-hydroxylation sites is 1. The van der Waals surface area contributed by atoms with Gasteiger partial charge in [0, 0.05) is 17.5 Å². The van der Waals surface area contributed by atoms with E-state index in [1.165, 1.54) is 5.56 Å². The molecule has 5 aromatic rings. The summed E-state index contributed by atoms with van der Waals surface area (Å²) in [7, 11) is 0. The van der Waals surface area contributed by atoms with Crippen molar-refractivity contribution in [2.24, 2.45) is 0 Å². The van der Waals surface area contributed by atoms with Crippen LogP contribution in [0.4, 0.5) is 5.95 Å². The Balaban J connectivity index is 1.43. The van der Waals surface area contributed by atoms with E-state index < -0.39 is 0 Å². The minimum absolute atomic E-state index is 0.264. The molecule has 1 aliphatic heterocycles. The van der Waals surface area contributed by atoms with Crippen molar-refractivity contribution in [2.75, 3.05) is 12.1 Å². The molecule has 31 heavy (non-hydrogen) atoms. The standard InChI is InChI=1S/C24H19N5O2/c1-15-5-4-6-17(11-15)22-27-23-18-7-2-3-8-19(18)26-24(29(23)28-22)25-13-16-9-10-20-21(12-16)31-14-30-20/h2-12H,13-14H2,1H3,(H,25,26). The van der Waals surface area contributed by atoms with E-state index in [0.29, 0.717) is 18.3 Å². The predicted molar refractivity (Wildman–Crippen MR) is 118 cm³/mol. The number of aryl methyl sites for hydroxylation is 1. The lowest BCUT2D eigenvalue weighted by Crippen LogP contribution is -2.08. The normalized spacial score (nSPS) is 12.5.